The first-order chi connectivity index (χ1) is 31.0. The maximum absolute atomic E-state index is 5.37. The van der Waals surface area contributed by atoms with Crippen molar-refractivity contribution in [3.63, 3.8) is 0 Å². The first-order valence-electron chi connectivity index (χ1n) is 21.3. The molecule has 7 aromatic carbocycles. The topological polar surface area (TPSA) is 58.0 Å². The molecule has 0 aliphatic heterocycles. The Kier molecular flexibility index (Phi) is 9.39. The van der Waals surface area contributed by atoms with Gasteiger partial charge in [-0.3, -0.25) is 9.80 Å². The summed E-state index contributed by atoms with van der Waals surface area (Å²) in [5.41, 5.74) is 15.0. The Morgan fingerprint density at radius 3 is 1.14 bits per heavy atom. The lowest BCUT2D eigenvalue weighted by atomic mass is 9.98. The van der Waals surface area contributed by atoms with Crippen molar-refractivity contribution in [1.82, 2.24) is 19.9 Å². The highest BCUT2D eigenvalue weighted by Gasteiger charge is 2.19. The predicted octanol–water partition coefficient (Wildman–Crippen LogP) is 15.1. The van der Waals surface area contributed by atoms with Gasteiger partial charge in [0.05, 0.1) is 33.5 Å². The molecule has 0 aliphatic carbocycles. The van der Waals surface area contributed by atoms with Crippen LogP contribution < -0.4 is 9.80 Å². The minimum absolute atomic E-state index is 0.847. The number of para-hydroxylation sites is 4. The monoisotopic (exact) mass is 810 g/mol. The smallest absolute Gasteiger partial charge is 0.138 e. The summed E-state index contributed by atoms with van der Waals surface area (Å²) in [4.78, 5) is 25.9. The van der Waals surface area contributed by atoms with Gasteiger partial charge in [-0.15, -0.1) is 0 Å². The van der Waals surface area contributed by atoms with Gasteiger partial charge in [-0.1, -0.05) is 121 Å². The third-order valence-corrected chi connectivity index (χ3v) is 12.0. The second-order valence-electron chi connectivity index (χ2n) is 16.1. The Bertz CT molecular complexity index is 3410. The first kappa shape index (κ1) is 37.8. The van der Waals surface area contributed by atoms with Crippen LogP contribution >= 0.6 is 0 Å². The van der Waals surface area contributed by atoms with E-state index >= 15 is 0 Å². The fourth-order valence-electron chi connectivity index (χ4n) is 8.83. The van der Waals surface area contributed by atoms with Crippen LogP contribution in [0.5, 0.6) is 0 Å². The Balaban J connectivity index is 0.993. The van der Waals surface area contributed by atoms with Gasteiger partial charge in [-0.25, -0.2) is 19.9 Å². The molecule has 0 radical (unpaired) electrons. The number of benzene rings is 7. The third kappa shape index (κ3) is 6.88. The summed E-state index contributed by atoms with van der Waals surface area (Å²) in [7, 11) is 0. The van der Waals surface area contributed by atoms with Gasteiger partial charge in [0.25, 0.3) is 0 Å². The SMILES string of the molecule is Cc1cc(-c2ccc3ccc4c(C)cc(N(c5ccccc5)c5ccccc5)nc4c3n2)ccc1-c1ccc2ccc3c(C)cc(N(c4ccccc4)c4ccccc4)nc3c2n1. The van der Waals surface area contributed by atoms with Crippen molar-refractivity contribution < 1.29 is 0 Å². The number of hydrogen-bond donors (Lipinski definition) is 0. The summed E-state index contributed by atoms with van der Waals surface area (Å²) in [6.07, 6.45) is 0. The number of hydrogen-bond acceptors (Lipinski definition) is 6. The van der Waals surface area contributed by atoms with Crippen molar-refractivity contribution >= 4 is 78.0 Å². The molecule has 4 aromatic heterocycles. The largest absolute Gasteiger partial charge is 0.295 e. The molecular formula is C57H42N6. The third-order valence-electron chi connectivity index (χ3n) is 12.0. The van der Waals surface area contributed by atoms with Crippen LogP contribution in [0, 0.1) is 20.8 Å². The van der Waals surface area contributed by atoms with Crippen LogP contribution in [-0.4, -0.2) is 19.9 Å². The van der Waals surface area contributed by atoms with Gasteiger partial charge < -0.3 is 0 Å². The zero-order chi connectivity index (χ0) is 42.4. The average molecular weight is 811 g/mol. The molecule has 0 amide bonds. The van der Waals surface area contributed by atoms with E-state index in [1.165, 1.54) is 0 Å². The molecule has 0 saturated carbocycles. The van der Waals surface area contributed by atoms with E-state index in [0.717, 1.165) is 117 Å². The molecule has 4 heterocycles. The summed E-state index contributed by atoms with van der Waals surface area (Å²) in [5.74, 6) is 1.69. The van der Waals surface area contributed by atoms with Crippen molar-refractivity contribution in [2.45, 2.75) is 20.8 Å². The lowest BCUT2D eigenvalue weighted by Crippen LogP contribution is -2.12. The molecule has 0 unspecified atom stereocenters. The molecule has 0 bridgehead atoms. The van der Waals surface area contributed by atoms with E-state index in [4.69, 9.17) is 19.9 Å². The van der Waals surface area contributed by atoms with E-state index < -0.39 is 0 Å². The summed E-state index contributed by atoms with van der Waals surface area (Å²) < 4.78 is 0. The summed E-state index contributed by atoms with van der Waals surface area (Å²) in [6, 6.07) is 69.7. The van der Waals surface area contributed by atoms with Gasteiger partial charge in [0, 0.05) is 55.4 Å². The minimum atomic E-state index is 0.847. The lowest BCUT2D eigenvalue weighted by molar-refractivity contribution is 1.20. The van der Waals surface area contributed by atoms with Crippen LogP contribution in [0.2, 0.25) is 0 Å². The van der Waals surface area contributed by atoms with Crippen LogP contribution in [0.15, 0.2) is 200 Å². The molecule has 11 aromatic rings. The summed E-state index contributed by atoms with van der Waals surface area (Å²) in [6.45, 7) is 6.47. The predicted molar refractivity (Wildman–Crippen MR) is 262 cm³/mol. The highest BCUT2D eigenvalue weighted by Crippen LogP contribution is 2.39. The highest BCUT2D eigenvalue weighted by atomic mass is 15.2. The van der Waals surface area contributed by atoms with E-state index in [1.54, 1.807) is 0 Å². The van der Waals surface area contributed by atoms with E-state index in [2.05, 4.69) is 206 Å². The quantitative estimate of drug-likeness (QED) is 0.143. The van der Waals surface area contributed by atoms with Crippen molar-refractivity contribution in [2.24, 2.45) is 0 Å². The first-order valence-corrected chi connectivity index (χ1v) is 21.3. The summed E-state index contributed by atoms with van der Waals surface area (Å²) >= 11 is 0. The summed E-state index contributed by atoms with van der Waals surface area (Å²) in [5, 5.41) is 4.27. The van der Waals surface area contributed by atoms with Gasteiger partial charge in [0.15, 0.2) is 0 Å². The Morgan fingerprint density at radius 2 is 0.714 bits per heavy atom. The highest BCUT2D eigenvalue weighted by molar-refractivity contribution is 6.07. The van der Waals surface area contributed by atoms with E-state index in [1.807, 2.05) is 24.3 Å². The van der Waals surface area contributed by atoms with Crippen LogP contribution in [0.1, 0.15) is 16.7 Å². The molecule has 6 heteroatoms. The van der Waals surface area contributed by atoms with Gasteiger partial charge in [0.2, 0.25) is 0 Å². The van der Waals surface area contributed by atoms with Crippen LogP contribution in [-0.2, 0) is 0 Å². The standard InChI is InChI=1S/C57H42N6/c1-37-34-42(50-32-27-40-24-30-48-38(2)35-52(60-56(48)54(40)58-50)62(43-16-8-4-9-17-43)44-18-10-5-11-19-44)26-29-47(37)51-33-28-41-25-31-49-39(3)36-53(61-57(49)55(41)59-51)63(45-20-12-6-13-21-45)46-22-14-7-15-23-46/h4-36H,1-3H3. The molecule has 0 fully saturated rings. The Hall–Kier alpha value is -8.22. The van der Waals surface area contributed by atoms with Gasteiger partial charge in [-0.2, -0.15) is 0 Å². The second-order valence-corrected chi connectivity index (χ2v) is 16.1. The van der Waals surface area contributed by atoms with E-state index in [9.17, 15) is 0 Å². The molecule has 6 nitrogen and oxygen atoms in total. The molecule has 300 valence electrons. The number of nitrogens with zero attached hydrogens (tertiary/aromatic N) is 6. The fourth-order valence-corrected chi connectivity index (χ4v) is 8.83. The van der Waals surface area contributed by atoms with E-state index in [0.29, 0.717) is 0 Å². The number of aryl methyl sites for hydroxylation is 3. The van der Waals surface area contributed by atoms with Crippen molar-refractivity contribution in [2.75, 3.05) is 9.80 Å². The van der Waals surface area contributed by atoms with Crippen molar-refractivity contribution in [3.05, 3.63) is 217 Å². The Morgan fingerprint density at radius 1 is 0.317 bits per heavy atom. The van der Waals surface area contributed by atoms with Gasteiger partial charge in [0.1, 0.15) is 11.6 Å². The van der Waals surface area contributed by atoms with Crippen molar-refractivity contribution in [1.29, 1.82) is 0 Å². The number of rotatable bonds is 8. The molecule has 11 rings (SSSR count). The molecule has 0 N–H and O–H groups in total. The molecule has 0 saturated heterocycles. The molecule has 63 heavy (non-hydrogen) atoms. The number of fused-ring (bicyclic) bond motifs is 6. The van der Waals surface area contributed by atoms with Gasteiger partial charge >= 0.3 is 0 Å². The van der Waals surface area contributed by atoms with Gasteiger partial charge in [-0.05, 0) is 116 Å². The van der Waals surface area contributed by atoms with Crippen LogP contribution in [0.4, 0.5) is 34.4 Å². The number of aromatic nitrogens is 4. The normalized spacial score (nSPS) is 11.4. The fraction of sp³-hybridized carbons (Fsp3) is 0.0526. The van der Waals surface area contributed by atoms with Crippen molar-refractivity contribution in [3.8, 4) is 22.5 Å². The zero-order valence-corrected chi connectivity index (χ0v) is 35.2. The second kappa shape index (κ2) is 15.7. The molecular weight excluding hydrogens is 769 g/mol. The van der Waals surface area contributed by atoms with Crippen LogP contribution in [0.25, 0.3) is 66.1 Å². The number of anilines is 6. The molecule has 0 atom stereocenters. The average Bonchev–Trinajstić information content (AvgIpc) is 3.33. The van der Waals surface area contributed by atoms with Crippen LogP contribution in [0.3, 0.4) is 0 Å². The molecule has 0 aliphatic rings. The minimum Gasteiger partial charge on any atom is -0.295 e. The Labute approximate surface area is 366 Å². The maximum Gasteiger partial charge on any atom is 0.138 e. The zero-order valence-electron chi connectivity index (χ0n) is 35.2. The van der Waals surface area contributed by atoms with E-state index in [-0.39, 0.29) is 0 Å². The molecule has 0 spiro atoms. The number of pyridine rings is 4. The lowest BCUT2D eigenvalue weighted by Gasteiger charge is -2.25. The maximum atomic E-state index is 5.37.